The second kappa shape index (κ2) is 7.53. The van der Waals surface area contributed by atoms with Gasteiger partial charge in [0.1, 0.15) is 5.75 Å². The molecule has 2 aromatic carbocycles. The van der Waals surface area contributed by atoms with Crippen LogP contribution >= 0.6 is 11.6 Å². The lowest BCUT2D eigenvalue weighted by Gasteiger charge is -2.11. The Morgan fingerprint density at radius 2 is 1.88 bits per heavy atom. The summed E-state index contributed by atoms with van der Waals surface area (Å²) in [4.78, 5) is 4.46. The monoisotopic (exact) mass is 354 g/mol. The van der Waals surface area contributed by atoms with Crippen molar-refractivity contribution in [2.24, 2.45) is 0 Å². The van der Waals surface area contributed by atoms with Crippen LogP contribution in [0.25, 0.3) is 22.8 Å². The second-order valence-corrected chi connectivity index (χ2v) is 6.33. The maximum absolute atomic E-state index is 6.28. The van der Waals surface area contributed by atoms with E-state index in [1.807, 2.05) is 56.3 Å². The summed E-state index contributed by atoms with van der Waals surface area (Å²) in [5, 5.41) is 4.57. The Hall–Kier alpha value is -2.59. The number of benzene rings is 2. The van der Waals surface area contributed by atoms with Crippen molar-refractivity contribution in [2.45, 2.75) is 26.4 Å². The fraction of sp³-hybridized carbons (Fsp3) is 0.200. The van der Waals surface area contributed by atoms with Crippen molar-refractivity contribution in [1.82, 2.24) is 10.1 Å². The summed E-state index contributed by atoms with van der Waals surface area (Å²) in [5.41, 5.74) is 2.84. The van der Waals surface area contributed by atoms with Gasteiger partial charge in [0.25, 0.3) is 5.89 Å². The summed E-state index contributed by atoms with van der Waals surface area (Å²) >= 11 is 6.28. The average molecular weight is 355 g/mol. The van der Waals surface area contributed by atoms with Crippen LogP contribution in [0, 0.1) is 0 Å². The van der Waals surface area contributed by atoms with Crippen molar-refractivity contribution < 1.29 is 9.26 Å². The van der Waals surface area contributed by atoms with Gasteiger partial charge in [-0.2, -0.15) is 4.98 Å². The Kier molecular flexibility index (Phi) is 5.19. The van der Waals surface area contributed by atoms with Crippen molar-refractivity contribution in [3.8, 4) is 28.6 Å². The third-order valence-electron chi connectivity index (χ3n) is 3.56. The van der Waals surface area contributed by atoms with Gasteiger partial charge in [0.15, 0.2) is 0 Å². The summed E-state index contributed by atoms with van der Waals surface area (Å²) in [6.45, 7) is 7.65. The minimum absolute atomic E-state index is 0.0594. The van der Waals surface area contributed by atoms with E-state index in [-0.39, 0.29) is 6.10 Å². The van der Waals surface area contributed by atoms with E-state index in [0.717, 1.165) is 17.5 Å². The van der Waals surface area contributed by atoms with Gasteiger partial charge in [0, 0.05) is 11.1 Å². The Morgan fingerprint density at radius 3 is 2.52 bits per heavy atom. The van der Waals surface area contributed by atoms with Gasteiger partial charge in [-0.05, 0) is 56.2 Å². The molecule has 1 aromatic heterocycles. The number of hydrogen-bond acceptors (Lipinski definition) is 4. The smallest absolute Gasteiger partial charge is 0.258 e. The van der Waals surface area contributed by atoms with Crippen molar-refractivity contribution in [3.05, 3.63) is 65.7 Å². The molecule has 4 nitrogen and oxygen atoms in total. The van der Waals surface area contributed by atoms with Crippen LogP contribution < -0.4 is 4.74 Å². The van der Waals surface area contributed by atoms with Crippen LogP contribution in [0.4, 0.5) is 0 Å². The van der Waals surface area contributed by atoms with Gasteiger partial charge >= 0.3 is 0 Å². The summed E-state index contributed by atoms with van der Waals surface area (Å²) < 4.78 is 11.0. The van der Waals surface area contributed by atoms with Crippen molar-refractivity contribution in [2.75, 3.05) is 0 Å². The summed E-state index contributed by atoms with van der Waals surface area (Å²) in [6.07, 6.45) is 2.76. The molecular weight excluding hydrogens is 336 g/mol. The van der Waals surface area contributed by atoms with Crippen molar-refractivity contribution >= 4 is 11.6 Å². The number of allylic oxidation sites excluding steroid dienone is 1. The highest BCUT2D eigenvalue weighted by Gasteiger charge is 2.13. The SMILES string of the molecule is C=CCc1ccc(-c2nc(-c3ccc(OC(C)C)c(Cl)c3)no2)cc1. The zero-order valence-electron chi connectivity index (χ0n) is 14.2. The van der Waals surface area contributed by atoms with Crippen LogP contribution in [0.2, 0.25) is 5.02 Å². The van der Waals surface area contributed by atoms with Gasteiger partial charge in [-0.25, -0.2) is 0 Å². The van der Waals surface area contributed by atoms with Crippen molar-refractivity contribution in [3.63, 3.8) is 0 Å². The molecule has 0 aliphatic rings. The van der Waals surface area contributed by atoms with E-state index in [1.54, 1.807) is 6.07 Å². The first-order valence-electron chi connectivity index (χ1n) is 8.07. The fourth-order valence-corrected chi connectivity index (χ4v) is 2.62. The molecule has 0 N–H and O–H groups in total. The van der Waals surface area contributed by atoms with E-state index < -0.39 is 0 Å². The molecule has 1 heterocycles. The summed E-state index contributed by atoms with van der Waals surface area (Å²) in [7, 11) is 0. The van der Waals surface area contributed by atoms with Crippen LogP contribution in [0.5, 0.6) is 5.75 Å². The molecule has 128 valence electrons. The first-order valence-corrected chi connectivity index (χ1v) is 8.45. The number of rotatable bonds is 6. The lowest BCUT2D eigenvalue weighted by Crippen LogP contribution is -2.05. The Labute approximate surface area is 152 Å². The van der Waals surface area contributed by atoms with Gasteiger partial charge in [0.2, 0.25) is 5.82 Å². The van der Waals surface area contributed by atoms with Crippen LogP contribution in [-0.4, -0.2) is 16.2 Å². The topological polar surface area (TPSA) is 48.2 Å². The molecule has 0 atom stereocenters. The molecule has 3 aromatic rings. The van der Waals surface area contributed by atoms with Crippen LogP contribution in [-0.2, 0) is 6.42 Å². The highest BCUT2D eigenvalue weighted by Crippen LogP contribution is 2.31. The highest BCUT2D eigenvalue weighted by molar-refractivity contribution is 6.32. The van der Waals surface area contributed by atoms with Crippen molar-refractivity contribution in [1.29, 1.82) is 0 Å². The maximum atomic E-state index is 6.28. The zero-order chi connectivity index (χ0) is 17.8. The zero-order valence-corrected chi connectivity index (χ0v) is 15.0. The normalized spacial score (nSPS) is 10.9. The van der Waals surface area contributed by atoms with E-state index in [0.29, 0.717) is 22.5 Å². The predicted molar refractivity (Wildman–Crippen MR) is 99.8 cm³/mol. The van der Waals surface area contributed by atoms with E-state index in [2.05, 4.69) is 16.7 Å². The third kappa shape index (κ3) is 4.09. The van der Waals surface area contributed by atoms with Crippen LogP contribution in [0.1, 0.15) is 19.4 Å². The molecule has 0 spiro atoms. The highest BCUT2D eigenvalue weighted by atomic mass is 35.5. The van der Waals surface area contributed by atoms with Crippen LogP contribution in [0.15, 0.2) is 59.6 Å². The van der Waals surface area contributed by atoms with E-state index in [9.17, 15) is 0 Å². The standard InChI is InChI=1S/C20H19ClN2O2/c1-4-5-14-6-8-15(9-7-14)20-22-19(23-25-20)16-10-11-18(17(21)12-16)24-13(2)3/h4,6-13H,1,5H2,2-3H3. The lowest BCUT2D eigenvalue weighted by atomic mass is 10.1. The molecule has 0 aliphatic heterocycles. The molecule has 0 fully saturated rings. The number of aromatic nitrogens is 2. The largest absolute Gasteiger partial charge is 0.489 e. The molecule has 0 aliphatic carbocycles. The molecule has 0 bridgehead atoms. The molecule has 0 unspecified atom stereocenters. The number of nitrogens with zero attached hydrogens (tertiary/aromatic N) is 2. The van der Waals surface area contributed by atoms with Gasteiger partial charge in [-0.1, -0.05) is 35.0 Å². The average Bonchev–Trinajstić information content (AvgIpc) is 3.07. The molecule has 5 heteroatoms. The first kappa shape index (κ1) is 17.2. The predicted octanol–water partition coefficient (Wildman–Crippen LogP) is 5.57. The second-order valence-electron chi connectivity index (χ2n) is 5.92. The quantitative estimate of drug-likeness (QED) is 0.543. The van der Waals surface area contributed by atoms with Gasteiger partial charge in [-0.15, -0.1) is 6.58 Å². The van der Waals surface area contributed by atoms with E-state index >= 15 is 0 Å². The van der Waals surface area contributed by atoms with E-state index in [1.165, 1.54) is 5.56 Å². The van der Waals surface area contributed by atoms with E-state index in [4.69, 9.17) is 20.9 Å². The number of hydrogen-bond donors (Lipinski definition) is 0. The lowest BCUT2D eigenvalue weighted by molar-refractivity contribution is 0.242. The first-order chi connectivity index (χ1) is 12.1. The minimum atomic E-state index is 0.0594. The maximum Gasteiger partial charge on any atom is 0.258 e. The Bertz CT molecular complexity index is 870. The molecule has 0 saturated carbocycles. The number of ether oxygens (including phenoxy) is 1. The molecular formula is C20H19ClN2O2. The Morgan fingerprint density at radius 1 is 1.16 bits per heavy atom. The Balaban J connectivity index is 1.83. The molecule has 0 saturated heterocycles. The minimum Gasteiger partial charge on any atom is -0.489 e. The summed E-state index contributed by atoms with van der Waals surface area (Å²) in [6, 6.07) is 13.4. The van der Waals surface area contributed by atoms with Gasteiger partial charge in [-0.3, -0.25) is 0 Å². The van der Waals surface area contributed by atoms with Gasteiger partial charge < -0.3 is 9.26 Å². The van der Waals surface area contributed by atoms with Gasteiger partial charge in [0.05, 0.1) is 11.1 Å². The fourth-order valence-electron chi connectivity index (χ4n) is 2.40. The molecule has 0 amide bonds. The third-order valence-corrected chi connectivity index (χ3v) is 3.86. The number of halogens is 1. The summed E-state index contributed by atoms with van der Waals surface area (Å²) in [5.74, 6) is 1.60. The molecule has 3 rings (SSSR count). The molecule has 25 heavy (non-hydrogen) atoms. The molecule has 0 radical (unpaired) electrons. The van der Waals surface area contributed by atoms with Crippen LogP contribution in [0.3, 0.4) is 0 Å².